The van der Waals surface area contributed by atoms with Crippen LogP contribution in [0.3, 0.4) is 0 Å². The molecule has 94 valence electrons. The fraction of sp³-hybridized carbons (Fsp3) is 0.545. The second kappa shape index (κ2) is 6.27. The highest BCUT2D eigenvalue weighted by Crippen LogP contribution is 2.16. The van der Waals surface area contributed by atoms with Crippen molar-refractivity contribution in [3.63, 3.8) is 0 Å². The Labute approximate surface area is 99.3 Å². The van der Waals surface area contributed by atoms with Crippen LogP contribution in [0, 0.1) is 6.92 Å². The predicted octanol–water partition coefficient (Wildman–Crippen LogP) is 0.133. The van der Waals surface area contributed by atoms with Crippen LogP contribution < -0.4 is 0 Å². The monoisotopic (exact) mass is 240 g/mol. The van der Waals surface area contributed by atoms with E-state index >= 15 is 0 Å². The van der Waals surface area contributed by atoms with Crippen LogP contribution in [-0.2, 0) is 9.53 Å². The molecule has 0 spiro atoms. The van der Waals surface area contributed by atoms with E-state index in [0.29, 0.717) is 5.69 Å². The maximum absolute atomic E-state index is 11.1. The summed E-state index contributed by atoms with van der Waals surface area (Å²) in [6, 6.07) is 0. The van der Waals surface area contributed by atoms with Crippen molar-refractivity contribution >= 4 is 5.97 Å². The van der Waals surface area contributed by atoms with Crippen molar-refractivity contribution in [2.24, 2.45) is 0 Å². The number of aromatic nitrogens is 2. The van der Waals surface area contributed by atoms with E-state index < -0.39 is 18.2 Å². The van der Waals surface area contributed by atoms with Gasteiger partial charge in [-0.15, -0.1) is 0 Å². The fourth-order valence-electron chi connectivity index (χ4n) is 1.32. The van der Waals surface area contributed by atoms with Crippen LogP contribution in [0.4, 0.5) is 0 Å². The Bertz CT molecular complexity index is 383. The molecule has 0 saturated heterocycles. The van der Waals surface area contributed by atoms with E-state index in [0.717, 1.165) is 0 Å². The summed E-state index contributed by atoms with van der Waals surface area (Å²) in [6.07, 6.45) is 0.127. The van der Waals surface area contributed by atoms with Crippen molar-refractivity contribution < 1.29 is 19.7 Å². The van der Waals surface area contributed by atoms with Crippen LogP contribution in [0.5, 0.6) is 0 Å². The molecule has 1 heterocycles. The third-order valence-corrected chi connectivity index (χ3v) is 2.12. The topological polar surface area (TPSA) is 92.5 Å². The van der Waals surface area contributed by atoms with Crippen LogP contribution in [0.25, 0.3) is 0 Å². The first-order chi connectivity index (χ1) is 8.04. The molecule has 0 saturated carbocycles. The van der Waals surface area contributed by atoms with Crippen molar-refractivity contribution in [3.8, 4) is 0 Å². The number of aliphatic hydroxyl groups excluding tert-OH is 2. The maximum atomic E-state index is 11.1. The molecule has 0 aliphatic carbocycles. The number of hydrogen-bond acceptors (Lipinski definition) is 6. The predicted molar refractivity (Wildman–Crippen MR) is 59.0 cm³/mol. The molecule has 0 bridgehead atoms. The van der Waals surface area contributed by atoms with Gasteiger partial charge in [0.05, 0.1) is 36.7 Å². The van der Waals surface area contributed by atoms with E-state index in [-0.39, 0.29) is 18.7 Å². The third-order valence-electron chi connectivity index (χ3n) is 2.12. The number of aryl methyl sites for hydroxylation is 1. The van der Waals surface area contributed by atoms with E-state index in [2.05, 4.69) is 14.7 Å². The lowest BCUT2D eigenvalue weighted by atomic mass is 10.1. The number of rotatable bonds is 5. The van der Waals surface area contributed by atoms with Gasteiger partial charge >= 0.3 is 5.97 Å². The molecule has 2 N–H and O–H groups in total. The van der Waals surface area contributed by atoms with Crippen molar-refractivity contribution in [1.29, 1.82) is 0 Å². The number of esters is 1. The Balaban J connectivity index is 2.63. The highest BCUT2D eigenvalue weighted by molar-refractivity contribution is 5.70. The van der Waals surface area contributed by atoms with Crippen LogP contribution in [0.2, 0.25) is 0 Å². The summed E-state index contributed by atoms with van der Waals surface area (Å²) in [5.74, 6) is -0.556. The Hall–Kier alpha value is -1.53. The minimum atomic E-state index is -1.25. The number of hydrogen-bond donors (Lipinski definition) is 2. The van der Waals surface area contributed by atoms with Crippen LogP contribution >= 0.6 is 0 Å². The molecule has 0 amide bonds. The number of ether oxygens (including phenoxy) is 1. The van der Waals surface area contributed by atoms with Gasteiger partial charge < -0.3 is 14.9 Å². The number of aliphatic hydroxyl groups is 2. The molecular weight excluding hydrogens is 224 g/mol. The first kappa shape index (κ1) is 13.5. The maximum Gasteiger partial charge on any atom is 0.308 e. The van der Waals surface area contributed by atoms with Gasteiger partial charge in [0.15, 0.2) is 0 Å². The molecule has 0 radical (unpaired) electrons. The molecule has 6 heteroatoms. The third kappa shape index (κ3) is 4.08. The Morgan fingerprint density at radius 1 is 1.47 bits per heavy atom. The van der Waals surface area contributed by atoms with E-state index in [1.165, 1.54) is 12.4 Å². The van der Waals surface area contributed by atoms with Gasteiger partial charge in [-0.05, 0) is 13.8 Å². The smallest absolute Gasteiger partial charge is 0.308 e. The Kier molecular flexibility index (Phi) is 4.99. The van der Waals surface area contributed by atoms with E-state index in [1.54, 1.807) is 13.8 Å². The van der Waals surface area contributed by atoms with Gasteiger partial charge in [0.2, 0.25) is 0 Å². The van der Waals surface area contributed by atoms with Gasteiger partial charge in [-0.25, -0.2) is 0 Å². The second-order valence-corrected chi connectivity index (χ2v) is 3.61. The molecule has 1 aromatic rings. The fourth-order valence-corrected chi connectivity index (χ4v) is 1.32. The van der Waals surface area contributed by atoms with Crippen molar-refractivity contribution in [2.75, 3.05) is 6.61 Å². The van der Waals surface area contributed by atoms with Crippen LogP contribution in [-0.4, -0.2) is 38.9 Å². The summed E-state index contributed by atoms with van der Waals surface area (Å²) in [7, 11) is 0. The Morgan fingerprint density at radius 2 is 2.18 bits per heavy atom. The molecule has 1 aromatic heterocycles. The van der Waals surface area contributed by atoms with Gasteiger partial charge in [-0.3, -0.25) is 14.8 Å². The molecule has 0 aliphatic heterocycles. The lowest BCUT2D eigenvalue weighted by Gasteiger charge is -2.16. The molecule has 1 rings (SSSR count). The van der Waals surface area contributed by atoms with Gasteiger partial charge in [-0.1, -0.05) is 0 Å². The summed E-state index contributed by atoms with van der Waals surface area (Å²) in [6.45, 7) is 3.64. The molecule has 2 atom stereocenters. The average molecular weight is 240 g/mol. The molecule has 17 heavy (non-hydrogen) atoms. The lowest BCUT2D eigenvalue weighted by molar-refractivity contribution is -0.147. The van der Waals surface area contributed by atoms with Crippen LogP contribution in [0.15, 0.2) is 12.4 Å². The summed E-state index contributed by atoms with van der Waals surface area (Å²) < 4.78 is 4.68. The minimum absolute atomic E-state index is 0.238. The average Bonchev–Trinajstić information content (AvgIpc) is 2.28. The van der Waals surface area contributed by atoms with Gasteiger partial charge in [-0.2, -0.15) is 0 Å². The zero-order chi connectivity index (χ0) is 12.8. The van der Waals surface area contributed by atoms with Gasteiger partial charge in [0.1, 0.15) is 6.10 Å². The standard InChI is InChI=1S/C11H16N2O4/c1-3-17-10(15)4-9(14)11(16)8-6-12-5-7(2)13-8/h5-6,9,11,14,16H,3-4H2,1-2H3. The van der Waals surface area contributed by atoms with Gasteiger partial charge in [0, 0.05) is 6.20 Å². The van der Waals surface area contributed by atoms with Crippen molar-refractivity contribution in [1.82, 2.24) is 9.97 Å². The molecule has 0 fully saturated rings. The van der Waals surface area contributed by atoms with E-state index in [9.17, 15) is 15.0 Å². The largest absolute Gasteiger partial charge is 0.466 e. The normalized spacial score (nSPS) is 14.1. The molecule has 0 aliphatic rings. The summed E-state index contributed by atoms with van der Waals surface area (Å²) >= 11 is 0. The molecule has 2 unspecified atom stereocenters. The molecule has 0 aromatic carbocycles. The number of carbonyl (C=O) groups is 1. The number of carbonyl (C=O) groups excluding carboxylic acids is 1. The van der Waals surface area contributed by atoms with Crippen molar-refractivity contribution in [2.45, 2.75) is 32.5 Å². The molecular formula is C11H16N2O4. The first-order valence-electron chi connectivity index (χ1n) is 5.35. The van der Waals surface area contributed by atoms with E-state index in [4.69, 9.17) is 0 Å². The number of nitrogens with zero attached hydrogens (tertiary/aromatic N) is 2. The summed E-state index contributed by atoms with van der Waals surface area (Å²) in [5.41, 5.74) is 0.867. The quantitative estimate of drug-likeness (QED) is 0.711. The second-order valence-electron chi connectivity index (χ2n) is 3.61. The highest BCUT2D eigenvalue weighted by atomic mass is 16.5. The zero-order valence-corrected chi connectivity index (χ0v) is 9.83. The lowest BCUT2D eigenvalue weighted by Crippen LogP contribution is -2.24. The Morgan fingerprint density at radius 3 is 2.76 bits per heavy atom. The zero-order valence-electron chi connectivity index (χ0n) is 9.83. The first-order valence-corrected chi connectivity index (χ1v) is 5.35. The van der Waals surface area contributed by atoms with Crippen LogP contribution in [0.1, 0.15) is 30.8 Å². The van der Waals surface area contributed by atoms with E-state index in [1.807, 2.05) is 0 Å². The van der Waals surface area contributed by atoms with Gasteiger partial charge in [0.25, 0.3) is 0 Å². The highest BCUT2D eigenvalue weighted by Gasteiger charge is 2.23. The summed E-state index contributed by atoms with van der Waals surface area (Å²) in [5, 5.41) is 19.4. The molecule has 6 nitrogen and oxygen atoms in total. The summed E-state index contributed by atoms with van der Waals surface area (Å²) in [4.78, 5) is 19.0. The van der Waals surface area contributed by atoms with Crippen molar-refractivity contribution in [3.05, 3.63) is 23.8 Å². The minimum Gasteiger partial charge on any atom is -0.466 e. The SMILES string of the molecule is CCOC(=O)CC(O)C(O)c1cncc(C)n1.